The molecule has 0 aliphatic rings. The molecule has 40 heavy (non-hydrogen) atoms. The van der Waals surface area contributed by atoms with Crippen molar-refractivity contribution in [3.63, 3.8) is 0 Å². The Morgan fingerprint density at radius 3 is 1.43 bits per heavy atom. The lowest BCUT2D eigenvalue weighted by Crippen LogP contribution is -1.91. The van der Waals surface area contributed by atoms with Gasteiger partial charge < -0.3 is 0 Å². The first-order valence-corrected chi connectivity index (χ1v) is 14.9. The smallest absolute Gasteiger partial charge is 0.0991 e. The van der Waals surface area contributed by atoms with Crippen LogP contribution in [0.5, 0.6) is 0 Å². The van der Waals surface area contributed by atoms with E-state index < -0.39 is 0 Å². The predicted molar refractivity (Wildman–Crippen MR) is 173 cm³/mol. The Bertz CT molecular complexity index is 2140. The van der Waals surface area contributed by atoms with Crippen molar-refractivity contribution in [1.29, 1.82) is 5.26 Å². The predicted octanol–water partition coefficient (Wildman–Crippen LogP) is 11.3. The molecule has 2 aromatic heterocycles. The van der Waals surface area contributed by atoms with Gasteiger partial charge in [0.15, 0.2) is 0 Å². The molecule has 0 aliphatic heterocycles. The van der Waals surface area contributed by atoms with Gasteiger partial charge in [0, 0.05) is 40.3 Å². The van der Waals surface area contributed by atoms with Crippen molar-refractivity contribution >= 4 is 63.0 Å². The van der Waals surface area contributed by atoms with Crippen LogP contribution in [-0.2, 0) is 0 Å². The Morgan fingerprint density at radius 1 is 0.425 bits per heavy atom. The van der Waals surface area contributed by atoms with Gasteiger partial charge in [0.2, 0.25) is 0 Å². The number of hydrogen-bond donors (Lipinski definition) is 0. The number of fused-ring (bicyclic) bond motifs is 6. The molecule has 1 nitrogen and oxygen atoms in total. The zero-order chi connectivity index (χ0) is 26.6. The van der Waals surface area contributed by atoms with Crippen molar-refractivity contribution in [2.75, 3.05) is 0 Å². The molecule has 0 fully saturated rings. The van der Waals surface area contributed by atoms with Crippen LogP contribution in [0.1, 0.15) is 5.56 Å². The van der Waals surface area contributed by atoms with Crippen LogP contribution < -0.4 is 0 Å². The third kappa shape index (κ3) is 3.66. The van der Waals surface area contributed by atoms with Crippen LogP contribution in [0.2, 0.25) is 0 Å². The maximum absolute atomic E-state index is 9.45. The monoisotopic (exact) mass is 543 g/mol. The van der Waals surface area contributed by atoms with E-state index >= 15 is 0 Å². The second-order valence-electron chi connectivity index (χ2n) is 10.0. The third-order valence-electron chi connectivity index (χ3n) is 7.74. The van der Waals surface area contributed by atoms with Crippen molar-refractivity contribution in [2.45, 2.75) is 0 Å². The van der Waals surface area contributed by atoms with Crippen molar-refractivity contribution in [3.05, 3.63) is 133 Å². The van der Waals surface area contributed by atoms with Crippen LogP contribution in [0.25, 0.3) is 73.7 Å². The van der Waals surface area contributed by atoms with Gasteiger partial charge in [-0.1, -0.05) is 78.9 Å². The van der Waals surface area contributed by atoms with E-state index in [1.54, 1.807) is 0 Å². The minimum atomic E-state index is 0.667. The molecule has 8 rings (SSSR count). The minimum absolute atomic E-state index is 0.667. The number of hydrogen-bond acceptors (Lipinski definition) is 3. The first kappa shape index (κ1) is 23.2. The van der Waals surface area contributed by atoms with Crippen molar-refractivity contribution < 1.29 is 0 Å². The quantitative estimate of drug-likeness (QED) is 0.217. The zero-order valence-electron chi connectivity index (χ0n) is 21.4. The van der Waals surface area contributed by atoms with E-state index in [1.807, 2.05) is 34.8 Å². The molecule has 0 bridgehead atoms. The van der Waals surface area contributed by atoms with Gasteiger partial charge in [-0.3, -0.25) is 0 Å². The second kappa shape index (κ2) is 9.17. The lowest BCUT2D eigenvalue weighted by molar-refractivity contribution is 1.48. The molecule has 0 amide bonds. The standard InChI is InChI=1S/C37H21NS2/c38-22-23-12-14-24(15-13-23)37-27(25-16-18-35-31(20-25)29-6-1-3-10-33(29)39-35)8-5-9-28(37)26-17-19-36-32(21-26)30-7-2-4-11-34(30)40-36/h1-21H. The van der Waals surface area contributed by atoms with Crippen molar-refractivity contribution in [3.8, 4) is 39.4 Å². The molecule has 0 saturated heterocycles. The normalized spacial score (nSPS) is 11.5. The highest BCUT2D eigenvalue weighted by molar-refractivity contribution is 7.26. The van der Waals surface area contributed by atoms with Crippen LogP contribution in [0, 0.1) is 11.3 Å². The molecule has 0 saturated carbocycles. The summed E-state index contributed by atoms with van der Waals surface area (Å²) in [5, 5.41) is 14.6. The summed E-state index contributed by atoms with van der Waals surface area (Å²) >= 11 is 3.69. The van der Waals surface area contributed by atoms with Gasteiger partial charge in [-0.05, 0) is 81.9 Å². The fourth-order valence-electron chi connectivity index (χ4n) is 5.84. The highest BCUT2D eigenvalue weighted by Crippen LogP contribution is 2.44. The van der Waals surface area contributed by atoms with Crippen LogP contribution in [0.4, 0.5) is 0 Å². The molecule has 8 aromatic rings. The van der Waals surface area contributed by atoms with Crippen LogP contribution in [0.3, 0.4) is 0 Å². The molecule has 0 atom stereocenters. The summed E-state index contributed by atoms with van der Waals surface area (Å²) in [5.74, 6) is 0. The lowest BCUT2D eigenvalue weighted by Gasteiger charge is -2.17. The van der Waals surface area contributed by atoms with Gasteiger partial charge in [0.05, 0.1) is 11.6 Å². The third-order valence-corrected chi connectivity index (χ3v) is 10.0. The highest BCUT2D eigenvalue weighted by atomic mass is 32.1. The van der Waals surface area contributed by atoms with E-state index in [-0.39, 0.29) is 0 Å². The van der Waals surface area contributed by atoms with Gasteiger partial charge in [-0.25, -0.2) is 0 Å². The van der Waals surface area contributed by atoms with E-state index in [4.69, 9.17) is 0 Å². The average Bonchev–Trinajstić information content (AvgIpc) is 3.58. The topological polar surface area (TPSA) is 23.8 Å². The number of nitrogens with zero attached hydrogens (tertiary/aromatic N) is 1. The fourth-order valence-corrected chi connectivity index (χ4v) is 8.02. The molecule has 6 aromatic carbocycles. The molecule has 0 spiro atoms. The van der Waals surface area contributed by atoms with Gasteiger partial charge in [-0.15, -0.1) is 22.7 Å². The maximum Gasteiger partial charge on any atom is 0.0991 e. The summed E-state index contributed by atoms with van der Waals surface area (Å²) in [6.45, 7) is 0. The Morgan fingerprint density at radius 2 is 0.900 bits per heavy atom. The number of rotatable bonds is 3. The number of nitriles is 1. The average molecular weight is 544 g/mol. The maximum atomic E-state index is 9.45. The summed E-state index contributed by atoms with van der Waals surface area (Å²) in [4.78, 5) is 0. The first-order chi connectivity index (χ1) is 19.8. The van der Waals surface area contributed by atoms with Gasteiger partial charge in [0.1, 0.15) is 0 Å². The largest absolute Gasteiger partial charge is 0.192 e. The molecule has 0 aliphatic carbocycles. The van der Waals surface area contributed by atoms with Gasteiger partial charge in [0.25, 0.3) is 0 Å². The second-order valence-corrected chi connectivity index (χ2v) is 12.2. The molecule has 3 heteroatoms. The molecule has 186 valence electrons. The Balaban J connectivity index is 1.40. The number of benzene rings is 6. The molecular weight excluding hydrogens is 523 g/mol. The first-order valence-electron chi connectivity index (χ1n) is 13.2. The highest BCUT2D eigenvalue weighted by Gasteiger charge is 2.17. The van der Waals surface area contributed by atoms with E-state index in [2.05, 4.69) is 121 Å². The van der Waals surface area contributed by atoms with E-state index in [0.29, 0.717) is 5.56 Å². The SMILES string of the molecule is N#Cc1ccc(-c2c(-c3ccc4sc5ccccc5c4c3)cccc2-c2ccc3sc4ccccc4c3c2)cc1. The molecule has 0 N–H and O–H groups in total. The summed E-state index contributed by atoms with van der Waals surface area (Å²) in [6, 6.07) is 47.9. The van der Waals surface area contributed by atoms with E-state index in [1.165, 1.54) is 68.2 Å². The summed E-state index contributed by atoms with van der Waals surface area (Å²) in [6.07, 6.45) is 0. The zero-order valence-corrected chi connectivity index (χ0v) is 23.0. The minimum Gasteiger partial charge on any atom is -0.192 e. The van der Waals surface area contributed by atoms with Crippen LogP contribution >= 0.6 is 22.7 Å². The van der Waals surface area contributed by atoms with Crippen LogP contribution in [0.15, 0.2) is 127 Å². The molecule has 0 unspecified atom stereocenters. The molecular formula is C37H21NS2. The summed E-state index contributed by atoms with van der Waals surface area (Å²) in [5.41, 5.74) is 7.72. The number of thiophene rings is 2. The van der Waals surface area contributed by atoms with Gasteiger partial charge in [-0.2, -0.15) is 5.26 Å². The van der Waals surface area contributed by atoms with Crippen LogP contribution in [-0.4, -0.2) is 0 Å². The summed E-state index contributed by atoms with van der Waals surface area (Å²) in [7, 11) is 0. The Hall–Kier alpha value is -4.75. The Labute approximate surface area is 239 Å². The van der Waals surface area contributed by atoms with Crippen molar-refractivity contribution in [2.24, 2.45) is 0 Å². The van der Waals surface area contributed by atoms with Crippen molar-refractivity contribution in [1.82, 2.24) is 0 Å². The summed E-state index contributed by atoms with van der Waals surface area (Å²) < 4.78 is 5.23. The van der Waals surface area contributed by atoms with E-state index in [9.17, 15) is 5.26 Å². The van der Waals surface area contributed by atoms with Gasteiger partial charge >= 0.3 is 0 Å². The van der Waals surface area contributed by atoms with E-state index in [0.717, 1.165) is 5.56 Å². The Kier molecular flexibility index (Phi) is 5.31. The fraction of sp³-hybridized carbons (Fsp3) is 0. The molecule has 2 heterocycles. The lowest BCUT2D eigenvalue weighted by atomic mass is 9.87. The molecule has 0 radical (unpaired) electrons.